The lowest BCUT2D eigenvalue weighted by Gasteiger charge is -2.24. The Morgan fingerprint density at radius 1 is 1.29 bits per heavy atom. The number of halogens is 1. The first kappa shape index (κ1) is 20.1. The van der Waals surface area contributed by atoms with E-state index in [1.54, 1.807) is 0 Å². The standard InChI is InChI=1S/C17H23N3O3.ClH/c1-3-13(2)20(12-17(21)22)11-16-18-15(19-23-16)10-9-14-7-5-4-6-8-14;/h4-8,13H,3,9-12H2,1-2H3,(H,21,22);1H. The maximum Gasteiger partial charge on any atom is 0.317 e. The third-order valence-electron chi connectivity index (χ3n) is 3.88. The lowest BCUT2D eigenvalue weighted by atomic mass is 10.1. The molecule has 7 heteroatoms. The van der Waals surface area contributed by atoms with Crippen LogP contribution in [0.15, 0.2) is 34.9 Å². The monoisotopic (exact) mass is 353 g/mol. The molecule has 1 N–H and O–H groups in total. The summed E-state index contributed by atoms with van der Waals surface area (Å²) in [6, 6.07) is 10.3. The second kappa shape index (κ2) is 10.1. The smallest absolute Gasteiger partial charge is 0.317 e. The van der Waals surface area contributed by atoms with Crippen molar-refractivity contribution in [1.29, 1.82) is 0 Å². The van der Waals surface area contributed by atoms with Crippen LogP contribution in [0.5, 0.6) is 0 Å². The van der Waals surface area contributed by atoms with Crippen molar-refractivity contribution in [2.75, 3.05) is 6.54 Å². The van der Waals surface area contributed by atoms with E-state index in [0.717, 1.165) is 12.8 Å². The van der Waals surface area contributed by atoms with Gasteiger partial charge in [0.2, 0.25) is 5.89 Å². The molecule has 6 nitrogen and oxygen atoms in total. The maximum atomic E-state index is 11.0. The number of carbonyl (C=O) groups is 1. The molecule has 0 aliphatic heterocycles. The third-order valence-corrected chi connectivity index (χ3v) is 3.88. The van der Waals surface area contributed by atoms with E-state index in [-0.39, 0.29) is 25.0 Å². The quantitative estimate of drug-likeness (QED) is 0.746. The van der Waals surface area contributed by atoms with Crippen molar-refractivity contribution in [2.45, 2.75) is 45.7 Å². The fourth-order valence-electron chi connectivity index (χ4n) is 2.33. The van der Waals surface area contributed by atoms with Crippen LogP contribution in [0.2, 0.25) is 0 Å². The third kappa shape index (κ3) is 6.29. The van der Waals surface area contributed by atoms with Gasteiger partial charge in [-0.2, -0.15) is 4.98 Å². The van der Waals surface area contributed by atoms with Crippen LogP contribution < -0.4 is 0 Å². The highest BCUT2D eigenvalue weighted by molar-refractivity contribution is 5.85. The second-order valence-corrected chi connectivity index (χ2v) is 5.65. The van der Waals surface area contributed by atoms with Crippen LogP contribution in [0.3, 0.4) is 0 Å². The molecule has 1 aromatic heterocycles. The molecule has 0 amide bonds. The highest BCUT2D eigenvalue weighted by Crippen LogP contribution is 2.10. The molecule has 0 saturated heterocycles. The number of hydrogen-bond donors (Lipinski definition) is 1. The molecule has 2 aromatic rings. The molecule has 0 aliphatic rings. The number of rotatable bonds is 9. The molecule has 1 heterocycles. The number of aryl methyl sites for hydroxylation is 2. The first-order chi connectivity index (χ1) is 11.1. The van der Waals surface area contributed by atoms with E-state index in [9.17, 15) is 4.79 Å². The predicted octanol–water partition coefficient (Wildman–Crippen LogP) is 2.96. The zero-order chi connectivity index (χ0) is 16.7. The van der Waals surface area contributed by atoms with E-state index in [2.05, 4.69) is 22.3 Å². The van der Waals surface area contributed by atoms with Crippen LogP contribution in [-0.2, 0) is 24.2 Å². The van der Waals surface area contributed by atoms with Gasteiger partial charge >= 0.3 is 5.97 Å². The Morgan fingerprint density at radius 2 is 2.00 bits per heavy atom. The molecular formula is C17H24ClN3O3. The summed E-state index contributed by atoms with van der Waals surface area (Å²) in [7, 11) is 0. The highest BCUT2D eigenvalue weighted by Gasteiger charge is 2.19. The number of carboxylic acids is 1. The molecular weight excluding hydrogens is 330 g/mol. The SMILES string of the molecule is CCC(C)N(CC(=O)O)Cc1nc(CCc2ccccc2)no1.Cl. The number of nitrogens with zero attached hydrogens (tertiary/aromatic N) is 3. The van der Waals surface area contributed by atoms with Gasteiger partial charge in [-0.25, -0.2) is 0 Å². The molecule has 0 spiro atoms. The Bertz CT molecular complexity index is 619. The van der Waals surface area contributed by atoms with Crippen LogP contribution in [0, 0.1) is 0 Å². The zero-order valence-corrected chi connectivity index (χ0v) is 14.8. The van der Waals surface area contributed by atoms with Gasteiger partial charge in [0.25, 0.3) is 0 Å². The molecule has 1 aromatic carbocycles. The van der Waals surface area contributed by atoms with Gasteiger partial charge in [-0.05, 0) is 25.3 Å². The Morgan fingerprint density at radius 3 is 2.62 bits per heavy atom. The van der Waals surface area contributed by atoms with E-state index < -0.39 is 5.97 Å². The van der Waals surface area contributed by atoms with Crippen molar-refractivity contribution in [3.05, 3.63) is 47.6 Å². The Labute approximate surface area is 148 Å². The van der Waals surface area contributed by atoms with Gasteiger partial charge in [0.15, 0.2) is 5.82 Å². The topological polar surface area (TPSA) is 79.5 Å². The van der Waals surface area contributed by atoms with E-state index in [0.29, 0.717) is 24.7 Å². The van der Waals surface area contributed by atoms with Crippen molar-refractivity contribution >= 4 is 18.4 Å². The van der Waals surface area contributed by atoms with E-state index in [1.807, 2.05) is 36.9 Å². The average molecular weight is 354 g/mol. The average Bonchev–Trinajstić information content (AvgIpc) is 2.99. The second-order valence-electron chi connectivity index (χ2n) is 5.65. The van der Waals surface area contributed by atoms with E-state index in [4.69, 9.17) is 9.63 Å². The van der Waals surface area contributed by atoms with Gasteiger partial charge in [-0.3, -0.25) is 9.69 Å². The number of aromatic nitrogens is 2. The van der Waals surface area contributed by atoms with Gasteiger partial charge in [-0.15, -0.1) is 12.4 Å². The Kier molecular flexibility index (Phi) is 8.43. The molecule has 0 saturated carbocycles. The summed E-state index contributed by atoms with van der Waals surface area (Å²) >= 11 is 0. The van der Waals surface area contributed by atoms with Crippen LogP contribution >= 0.6 is 12.4 Å². The van der Waals surface area contributed by atoms with E-state index >= 15 is 0 Å². The predicted molar refractivity (Wildman–Crippen MR) is 93.2 cm³/mol. The number of carboxylic acid groups (broad SMARTS) is 1. The van der Waals surface area contributed by atoms with Crippen molar-refractivity contribution < 1.29 is 14.4 Å². The fourth-order valence-corrected chi connectivity index (χ4v) is 2.33. The minimum atomic E-state index is -0.853. The summed E-state index contributed by atoms with van der Waals surface area (Å²) in [5, 5.41) is 13.0. The summed E-state index contributed by atoms with van der Waals surface area (Å²) in [6.07, 6.45) is 2.42. The number of aliphatic carboxylic acids is 1. The van der Waals surface area contributed by atoms with Crippen molar-refractivity contribution in [2.24, 2.45) is 0 Å². The summed E-state index contributed by atoms with van der Waals surface area (Å²) in [6.45, 7) is 4.35. The molecule has 132 valence electrons. The number of benzene rings is 1. The minimum Gasteiger partial charge on any atom is -0.480 e. The summed E-state index contributed by atoms with van der Waals surface area (Å²) in [5.41, 5.74) is 1.23. The molecule has 24 heavy (non-hydrogen) atoms. The number of hydrogen-bond acceptors (Lipinski definition) is 5. The summed E-state index contributed by atoms with van der Waals surface area (Å²) in [4.78, 5) is 17.2. The van der Waals surface area contributed by atoms with Crippen LogP contribution in [-0.4, -0.2) is 38.7 Å². The normalized spacial score (nSPS) is 12.0. The van der Waals surface area contributed by atoms with Crippen LogP contribution in [0.1, 0.15) is 37.5 Å². The van der Waals surface area contributed by atoms with Crippen molar-refractivity contribution in [1.82, 2.24) is 15.0 Å². The van der Waals surface area contributed by atoms with Gasteiger partial charge in [0.1, 0.15) is 0 Å². The van der Waals surface area contributed by atoms with Crippen LogP contribution in [0.4, 0.5) is 0 Å². The minimum absolute atomic E-state index is 0. The largest absolute Gasteiger partial charge is 0.480 e. The van der Waals surface area contributed by atoms with Gasteiger partial charge in [0, 0.05) is 12.5 Å². The van der Waals surface area contributed by atoms with Gasteiger partial charge in [0.05, 0.1) is 13.1 Å². The van der Waals surface area contributed by atoms with Crippen molar-refractivity contribution in [3.63, 3.8) is 0 Å². The molecule has 0 fully saturated rings. The zero-order valence-electron chi connectivity index (χ0n) is 14.0. The summed E-state index contributed by atoms with van der Waals surface area (Å²) < 4.78 is 5.26. The summed E-state index contributed by atoms with van der Waals surface area (Å²) in [5.74, 6) is 0.270. The first-order valence-electron chi connectivity index (χ1n) is 7.89. The lowest BCUT2D eigenvalue weighted by Crippen LogP contribution is -2.36. The molecule has 0 radical (unpaired) electrons. The highest BCUT2D eigenvalue weighted by atomic mass is 35.5. The lowest BCUT2D eigenvalue weighted by molar-refractivity contribution is -0.139. The molecule has 0 aliphatic carbocycles. The van der Waals surface area contributed by atoms with E-state index in [1.165, 1.54) is 5.56 Å². The van der Waals surface area contributed by atoms with Crippen LogP contribution in [0.25, 0.3) is 0 Å². The molecule has 1 atom stereocenters. The molecule has 1 unspecified atom stereocenters. The Hall–Kier alpha value is -1.92. The molecule has 0 bridgehead atoms. The fraction of sp³-hybridized carbons (Fsp3) is 0.471. The van der Waals surface area contributed by atoms with Crippen molar-refractivity contribution in [3.8, 4) is 0 Å². The first-order valence-corrected chi connectivity index (χ1v) is 7.89. The van der Waals surface area contributed by atoms with Gasteiger partial charge in [-0.1, -0.05) is 42.4 Å². The maximum absolute atomic E-state index is 11.0. The van der Waals surface area contributed by atoms with Gasteiger partial charge < -0.3 is 9.63 Å². The molecule has 2 rings (SSSR count). The Balaban J connectivity index is 0.00000288.